The van der Waals surface area contributed by atoms with Gasteiger partial charge in [-0.25, -0.2) is 4.79 Å². The Bertz CT molecular complexity index is 1300. The molecule has 0 aliphatic rings. The Morgan fingerprint density at radius 3 is 1.83 bits per heavy atom. The van der Waals surface area contributed by atoms with Crippen molar-refractivity contribution in [1.82, 2.24) is 9.97 Å². The Morgan fingerprint density at radius 1 is 0.714 bits per heavy atom. The monoisotopic (exact) mass is 566 g/mol. The molecular weight excluding hydrogens is 520 g/mol. The van der Waals surface area contributed by atoms with E-state index in [0.717, 1.165) is 35.6 Å². The molecule has 0 saturated carbocycles. The van der Waals surface area contributed by atoms with E-state index in [1.54, 1.807) is 0 Å². The number of nitrogens with zero attached hydrogens (tertiary/aromatic N) is 2. The first-order valence-corrected chi connectivity index (χ1v) is 15.6. The van der Waals surface area contributed by atoms with Gasteiger partial charge in [0.2, 0.25) is 0 Å². The number of nitrogens with one attached hydrogen (secondary N) is 2. The largest absolute Gasteiger partial charge is 0.494 e. The third-order valence-corrected chi connectivity index (χ3v) is 7.39. The fourth-order valence-corrected chi connectivity index (χ4v) is 5.07. The molecule has 0 spiro atoms. The summed E-state index contributed by atoms with van der Waals surface area (Å²) in [5.74, 6) is 2.07. The fraction of sp³-hybridized carbons (Fsp3) is 0.389. The SMILES string of the molecule is CCCCCCCCCCCCOc1ccc(Nc2cc(N(Cc3ccccc3)Cc3ccccc3)nc(=O)[nH]2)cc1. The quantitative estimate of drug-likeness (QED) is 0.111. The number of aromatic amines is 1. The second-order valence-corrected chi connectivity index (χ2v) is 11.0. The van der Waals surface area contributed by atoms with Crippen LogP contribution in [-0.2, 0) is 13.1 Å². The fourth-order valence-electron chi connectivity index (χ4n) is 5.07. The lowest BCUT2D eigenvalue weighted by molar-refractivity contribution is 0.304. The molecule has 0 aliphatic carbocycles. The molecule has 4 rings (SSSR count). The average Bonchev–Trinajstić information content (AvgIpc) is 3.01. The summed E-state index contributed by atoms with van der Waals surface area (Å²) in [5.41, 5.74) is 2.78. The first-order chi connectivity index (χ1) is 20.7. The van der Waals surface area contributed by atoms with Gasteiger partial charge in [-0.15, -0.1) is 0 Å². The van der Waals surface area contributed by atoms with Crippen molar-refractivity contribution in [3.05, 3.63) is 113 Å². The van der Waals surface area contributed by atoms with Crippen LogP contribution in [0.15, 0.2) is 95.8 Å². The molecule has 0 saturated heterocycles. The zero-order chi connectivity index (χ0) is 29.2. The van der Waals surface area contributed by atoms with Gasteiger partial charge in [-0.05, 0) is 41.8 Å². The van der Waals surface area contributed by atoms with Crippen molar-refractivity contribution in [2.24, 2.45) is 0 Å². The number of benzene rings is 3. The Balaban J connectivity index is 1.28. The van der Waals surface area contributed by atoms with Crippen molar-refractivity contribution in [3.8, 4) is 5.75 Å². The molecule has 0 unspecified atom stereocenters. The van der Waals surface area contributed by atoms with E-state index in [-0.39, 0.29) is 0 Å². The lowest BCUT2D eigenvalue weighted by Gasteiger charge is -2.24. The van der Waals surface area contributed by atoms with Crippen LogP contribution in [0.25, 0.3) is 0 Å². The van der Waals surface area contributed by atoms with Crippen molar-refractivity contribution < 1.29 is 4.74 Å². The molecule has 1 aromatic heterocycles. The van der Waals surface area contributed by atoms with Crippen molar-refractivity contribution in [2.45, 2.75) is 84.2 Å². The second-order valence-electron chi connectivity index (χ2n) is 11.0. The highest BCUT2D eigenvalue weighted by molar-refractivity contribution is 5.60. The maximum absolute atomic E-state index is 12.6. The van der Waals surface area contributed by atoms with Crippen LogP contribution < -0.4 is 20.6 Å². The lowest BCUT2D eigenvalue weighted by Crippen LogP contribution is -2.26. The van der Waals surface area contributed by atoms with Gasteiger partial charge < -0.3 is 15.0 Å². The topological polar surface area (TPSA) is 70.2 Å². The minimum absolute atomic E-state index is 0.391. The number of H-pyrrole nitrogens is 1. The summed E-state index contributed by atoms with van der Waals surface area (Å²) in [6.07, 6.45) is 13.1. The van der Waals surface area contributed by atoms with Crippen molar-refractivity contribution in [3.63, 3.8) is 0 Å². The number of hydrogen-bond donors (Lipinski definition) is 2. The minimum atomic E-state index is -0.391. The summed E-state index contributed by atoms with van der Waals surface area (Å²) in [4.78, 5) is 21.9. The Morgan fingerprint density at radius 2 is 1.26 bits per heavy atom. The molecule has 1 heterocycles. The highest BCUT2D eigenvalue weighted by Gasteiger charge is 2.13. The number of unbranched alkanes of at least 4 members (excludes halogenated alkanes) is 9. The second kappa shape index (κ2) is 17.7. The Hall–Kier alpha value is -4.06. The van der Waals surface area contributed by atoms with Gasteiger partial charge in [0.05, 0.1) is 6.61 Å². The Labute approximate surface area is 251 Å². The predicted molar refractivity (Wildman–Crippen MR) is 175 cm³/mol. The standard InChI is InChI=1S/C36H46N4O2/c1-2-3-4-5-6-7-8-9-10-17-26-42-33-24-22-32(23-25-33)37-34-27-35(39-36(41)38-34)40(28-30-18-13-11-14-19-30)29-31-20-15-12-16-21-31/h11-16,18-25,27H,2-10,17,26,28-29H2,1H3,(H2,37,38,39,41). The maximum atomic E-state index is 12.6. The summed E-state index contributed by atoms with van der Waals surface area (Å²) >= 11 is 0. The van der Waals surface area contributed by atoms with Gasteiger partial charge in [0.25, 0.3) is 0 Å². The molecule has 0 aliphatic heterocycles. The zero-order valence-electron chi connectivity index (χ0n) is 25.1. The van der Waals surface area contributed by atoms with Crippen molar-refractivity contribution >= 4 is 17.3 Å². The van der Waals surface area contributed by atoms with Gasteiger partial charge in [0, 0.05) is 24.8 Å². The number of aromatic nitrogens is 2. The molecule has 0 bridgehead atoms. The number of hydrogen-bond acceptors (Lipinski definition) is 5. The molecule has 0 amide bonds. The minimum Gasteiger partial charge on any atom is -0.494 e. The van der Waals surface area contributed by atoms with Gasteiger partial charge in [-0.3, -0.25) is 4.98 Å². The molecule has 0 atom stereocenters. The summed E-state index contributed by atoms with van der Waals surface area (Å²) in [6, 6.07) is 30.2. The number of rotatable bonds is 19. The van der Waals surface area contributed by atoms with E-state index in [4.69, 9.17) is 4.74 Å². The van der Waals surface area contributed by atoms with Gasteiger partial charge in [0.15, 0.2) is 0 Å². The van der Waals surface area contributed by atoms with Crippen molar-refractivity contribution in [2.75, 3.05) is 16.8 Å². The van der Waals surface area contributed by atoms with Gasteiger partial charge >= 0.3 is 5.69 Å². The van der Waals surface area contributed by atoms with E-state index in [0.29, 0.717) is 24.7 Å². The van der Waals surface area contributed by atoms with E-state index >= 15 is 0 Å². The van der Waals surface area contributed by atoms with Crippen LogP contribution in [0.3, 0.4) is 0 Å². The highest BCUT2D eigenvalue weighted by Crippen LogP contribution is 2.23. The van der Waals surface area contributed by atoms with E-state index < -0.39 is 5.69 Å². The van der Waals surface area contributed by atoms with Crippen LogP contribution in [0, 0.1) is 0 Å². The molecule has 6 nitrogen and oxygen atoms in total. The van der Waals surface area contributed by atoms with Gasteiger partial charge in [0.1, 0.15) is 17.4 Å². The van der Waals surface area contributed by atoms with Crippen LogP contribution in [0.2, 0.25) is 0 Å². The first kappa shape index (κ1) is 30.9. The van der Waals surface area contributed by atoms with E-state index in [1.165, 1.54) is 57.8 Å². The summed E-state index contributed by atoms with van der Waals surface area (Å²) < 4.78 is 5.96. The molecule has 3 aromatic carbocycles. The first-order valence-electron chi connectivity index (χ1n) is 15.6. The lowest BCUT2D eigenvalue weighted by atomic mass is 10.1. The van der Waals surface area contributed by atoms with Crippen LogP contribution in [0.5, 0.6) is 5.75 Å². The molecule has 4 aromatic rings. The highest BCUT2D eigenvalue weighted by atomic mass is 16.5. The molecule has 42 heavy (non-hydrogen) atoms. The van der Waals surface area contributed by atoms with Crippen LogP contribution >= 0.6 is 0 Å². The Kier molecular flexibility index (Phi) is 13.0. The van der Waals surface area contributed by atoms with Gasteiger partial charge in [-0.2, -0.15) is 4.98 Å². The molecular formula is C36H46N4O2. The summed E-state index contributed by atoms with van der Waals surface area (Å²) in [6.45, 7) is 4.28. The third kappa shape index (κ3) is 11.1. The smallest absolute Gasteiger partial charge is 0.348 e. The molecule has 0 radical (unpaired) electrons. The predicted octanol–water partition coefficient (Wildman–Crippen LogP) is 9.02. The molecule has 222 valence electrons. The summed E-state index contributed by atoms with van der Waals surface area (Å²) in [7, 11) is 0. The van der Waals surface area contributed by atoms with Crippen LogP contribution in [0.4, 0.5) is 17.3 Å². The number of ether oxygens (including phenoxy) is 1. The maximum Gasteiger partial charge on any atom is 0.348 e. The number of anilines is 3. The average molecular weight is 567 g/mol. The van der Waals surface area contributed by atoms with Crippen molar-refractivity contribution in [1.29, 1.82) is 0 Å². The summed E-state index contributed by atoms with van der Waals surface area (Å²) in [5, 5.41) is 3.33. The van der Waals surface area contributed by atoms with Gasteiger partial charge in [-0.1, -0.05) is 125 Å². The van der Waals surface area contributed by atoms with E-state index in [9.17, 15) is 4.79 Å². The van der Waals surface area contributed by atoms with E-state index in [2.05, 4.69) is 51.4 Å². The molecule has 6 heteroatoms. The zero-order valence-corrected chi connectivity index (χ0v) is 25.1. The molecule has 2 N–H and O–H groups in total. The third-order valence-electron chi connectivity index (χ3n) is 7.39. The molecule has 0 fully saturated rings. The normalized spacial score (nSPS) is 10.9. The van der Waals surface area contributed by atoms with E-state index in [1.807, 2.05) is 66.7 Å². The van der Waals surface area contributed by atoms with Crippen LogP contribution in [0.1, 0.15) is 82.3 Å². The van der Waals surface area contributed by atoms with Crippen LogP contribution in [-0.4, -0.2) is 16.6 Å².